The van der Waals surface area contributed by atoms with Gasteiger partial charge < -0.3 is 15.1 Å². The molecule has 3 aromatic carbocycles. The number of urea groups is 1. The molecule has 0 radical (unpaired) electrons. The Hall–Kier alpha value is -3.93. The summed E-state index contributed by atoms with van der Waals surface area (Å²) in [6, 6.07) is 22.8. The number of nitrogens with zero attached hydrogens (tertiary/aromatic N) is 4. The summed E-state index contributed by atoms with van der Waals surface area (Å²) in [4.78, 5) is 27.0. The zero-order chi connectivity index (χ0) is 25.1. The Bertz CT molecular complexity index is 1380. The largest absolute Gasteiger partial charge is 0.354 e. The number of fused-ring (bicyclic) bond motifs is 1. The van der Waals surface area contributed by atoms with Gasteiger partial charge in [0.1, 0.15) is 11.6 Å². The van der Waals surface area contributed by atoms with Crippen LogP contribution < -0.4 is 10.2 Å². The molecule has 184 valence electrons. The Morgan fingerprint density at radius 3 is 2.47 bits per heavy atom. The second kappa shape index (κ2) is 10.4. The van der Waals surface area contributed by atoms with Crippen LogP contribution in [-0.4, -0.2) is 47.1 Å². The fourth-order valence-corrected chi connectivity index (χ4v) is 4.96. The van der Waals surface area contributed by atoms with Crippen LogP contribution >= 0.6 is 0 Å². The summed E-state index contributed by atoms with van der Waals surface area (Å²) in [7, 11) is 0. The third-order valence-electron chi connectivity index (χ3n) is 6.92. The highest BCUT2D eigenvalue weighted by Gasteiger charge is 2.23. The maximum absolute atomic E-state index is 13.2. The molecule has 0 aliphatic carbocycles. The van der Waals surface area contributed by atoms with Crippen LogP contribution in [0.2, 0.25) is 0 Å². The van der Waals surface area contributed by atoms with Crippen molar-refractivity contribution in [3.8, 4) is 0 Å². The predicted molar refractivity (Wildman–Crippen MR) is 147 cm³/mol. The fourth-order valence-electron chi connectivity index (χ4n) is 4.96. The average molecular weight is 480 g/mol. The van der Waals surface area contributed by atoms with Crippen LogP contribution in [0.3, 0.4) is 0 Å². The van der Waals surface area contributed by atoms with Gasteiger partial charge in [0.05, 0.1) is 5.69 Å². The Labute approximate surface area is 213 Å². The van der Waals surface area contributed by atoms with E-state index in [0.29, 0.717) is 13.1 Å². The van der Waals surface area contributed by atoms with Crippen molar-refractivity contribution in [3.05, 3.63) is 94.9 Å². The molecule has 2 heterocycles. The minimum absolute atomic E-state index is 0.0527. The third kappa shape index (κ3) is 5.18. The van der Waals surface area contributed by atoms with Crippen molar-refractivity contribution in [1.82, 2.24) is 14.9 Å². The lowest BCUT2D eigenvalue weighted by molar-refractivity contribution is 0.215. The summed E-state index contributed by atoms with van der Waals surface area (Å²) in [5.41, 5.74) is 5.54. The normalized spacial score (nSPS) is 14.1. The van der Waals surface area contributed by atoms with Crippen LogP contribution in [0.5, 0.6) is 0 Å². The Kier molecular flexibility index (Phi) is 6.85. The van der Waals surface area contributed by atoms with Gasteiger partial charge in [0.2, 0.25) is 0 Å². The zero-order valence-electron chi connectivity index (χ0n) is 21.3. The number of anilines is 2. The van der Waals surface area contributed by atoms with Gasteiger partial charge in [-0.3, -0.25) is 0 Å². The average Bonchev–Trinajstić information content (AvgIpc) is 3.13. The number of aryl methyl sites for hydroxylation is 3. The van der Waals surface area contributed by atoms with E-state index in [9.17, 15) is 4.79 Å². The topological polar surface area (TPSA) is 61.4 Å². The first-order chi connectivity index (χ1) is 17.5. The van der Waals surface area contributed by atoms with Gasteiger partial charge in [-0.05, 0) is 44.2 Å². The van der Waals surface area contributed by atoms with Crippen molar-refractivity contribution >= 4 is 28.3 Å². The molecular weight excluding hydrogens is 446 g/mol. The first-order valence-electron chi connectivity index (χ1n) is 12.7. The molecule has 6 nitrogen and oxygen atoms in total. The molecule has 0 atom stereocenters. The highest BCUT2D eigenvalue weighted by Crippen LogP contribution is 2.26. The minimum Gasteiger partial charge on any atom is -0.354 e. The molecule has 1 fully saturated rings. The van der Waals surface area contributed by atoms with Gasteiger partial charge in [0.25, 0.3) is 0 Å². The van der Waals surface area contributed by atoms with Gasteiger partial charge >= 0.3 is 6.03 Å². The number of nitrogens with one attached hydrogen (secondary N) is 1. The fraction of sp³-hybridized carbons (Fsp3) is 0.300. The van der Waals surface area contributed by atoms with Crippen LogP contribution in [-0.2, 0) is 6.42 Å². The van der Waals surface area contributed by atoms with Crippen molar-refractivity contribution in [3.63, 3.8) is 0 Å². The summed E-state index contributed by atoms with van der Waals surface area (Å²) < 4.78 is 0. The van der Waals surface area contributed by atoms with E-state index in [0.717, 1.165) is 65.3 Å². The molecule has 0 saturated carbocycles. The van der Waals surface area contributed by atoms with Crippen molar-refractivity contribution < 1.29 is 4.79 Å². The maximum Gasteiger partial charge on any atom is 0.321 e. The second-order valence-corrected chi connectivity index (χ2v) is 9.61. The van der Waals surface area contributed by atoms with Crippen LogP contribution in [0.4, 0.5) is 16.3 Å². The van der Waals surface area contributed by atoms with Gasteiger partial charge in [-0.25, -0.2) is 14.8 Å². The number of hydrogen-bond donors (Lipinski definition) is 1. The molecule has 1 N–H and O–H groups in total. The number of rotatable bonds is 4. The summed E-state index contributed by atoms with van der Waals surface area (Å²) >= 11 is 0. The van der Waals surface area contributed by atoms with Gasteiger partial charge in [-0.1, -0.05) is 66.2 Å². The van der Waals surface area contributed by atoms with Crippen molar-refractivity contribution in [2.75, 3.05) is 36.4 Å². The predicted octanol–water partition coefficient (Wildman–Crippen LogP) is 5.89. The zero-order valence-corrected chi connectivity index (χ0v) is 21.3. The maximum atomic E-state index is 13.2. The van der Waals surface area contributed by atoms with Crippen molar-refractivity contribution in [2.45, 2.75) is 33.6 Å². The SMILES string of the molecule is Cc1ccc(Cc2c(C)nc(C)nc2N2CCCN(C(=O)Nc3cccc4ccccc34)CC2)cc1. The number of aromatic nitrogens is 2. The lowest BCUT2D eigenvalue weighted by Crippen LogP contribution is -2.38. The molecule has 1 saturated heterocycles. The monoisotopic (exact) mass is 479 g/mol. The van der Waals surface area contributed by atoms with Crippen LogP contribution in [0.1, 0.15) is 34.6 Å². The van der Waals surface area contributed by atoms with Gasteiger partial charge in [0.15, 0.2) is 0 Å². The van der Waals surface area contributed by atoms with E-state index in [1.54, 1.807) is 0 Å². The van der Waals surface area contributed by atoms with Crippen molar-refractivity contribution in [2.24, 2.45) is 0 Å². The molecule has 1 aromatic heterocycles. The Morgan fingerprint density at radius 2 is 1.64 bits per heavy atom. The first kappa shape index (κ1) is 23.8. The standard InChI is InChI=1S/C30H33N5O/c1-21-12-14-24(15-13-21)20-27-22(2)31-23(3)32-29(27)34-16-7-17-35(19-18-34)30(36)33-28-11-6-9-25-8-4-5-10-26(25)28/h4-6,8-15H,7,16-20H2,1-3H3,(H,33,36). The van der Waals surface area contributed by atoms with E-state index < -0.39 is 0 Å². The van der Waals surface area contributed by atoms with E-state index >= 15 is 0 Å². The number of benzene rings is 3. The molecule has 2 amide bonds. The molecule has 5 rings (SSSR count). The number of carbonyl (C=O) groups excluding carboxylic acids is 1. The summed E-state index contributed by atoms with van der Waals surface area (Å²) in [6.07, 6.45) is 1.68. The summed E-state index contributed by atoms with van der Waals surface area (Å²) in [5, 5.41) is 5.32. The van der Waals surface area contributed by atoms with Crippen LogP contribution in [0.25, 0.3) is 10.8 Å². The molecule has 6 heteroatoms. The molecule has 4 aromatic rings. The Balaban J connectivity index is 1.33. The van der Waals surface area contributed by atoms with E-state index in [4.69, 9.17) is 4.98 Å². The minimum atomic E-state index is -0.0527. The van der Waals surface area contributed by atoms with E-state index in [1.165, 1.54) is 11.1 Å². The molecule has 0 bridgehead atoms. The molecule has 1 aliphatic rings. The molecule has 0 spiro atoms. The summed E-state index contributed by atoms with van der Waals surface area (Å²) in [5.74, 6) is 1.78. The molecular formula is C30H33N5O. The second-order valence-electron chi connectivity index (χ2n) is 9.61. The van der Waals surface area contributed by atoms with Crippen molar-refractivity contribution in [1.29, 1.82) is 0 Å². The Morgan fingerprint density at radius 1 is 0.861 bits per heavy atom. The molecule has 0 unspecified atom stereocenters. The van der Waals surface area contributed by atoms with Gasteiger partial charge in [-0.2, -0.15) is 0 Å². The quantitative estimate of drug-likeness (QED) is 0.396. The highest BCUT2D eigenvalue weighted by atomic mass is 16.2. The smallest absolute Gasteiger partial charge is 0.321 e. The number of amides is 2. The van der Waals surface area contributed by atoms with Crippen LogP contribution in [0, 0.1) is 20.8 Å². The van der Waals surface area contributed by atoms with E-state index in [1.807, 2.05) is 42.2 Å². The van der Waals surface area contributed by atoms with Gasteiger partial charge in [0, 0.05) is 49.2 Å². The van der Waals surface area contributed by atoms with E-state index in [2.05, 4.69) is 65.4 Å². The highest BCUT2D eigenvalue weighted by molar-refractivity contribution is 6.01. The molecule has 36 heavy (non-hydrogen) atoms. The first-order valence-corrected chi connectivity index (χ1v) is 12.7. The van der Waals surface area contributed by atoms with Gasteiger partial charge in [-0.15, -0.1) is 0 Å². The number of hydrogen-bond acceptors (Lipinski definition) is 4. The molecule has 1 aliphatic heterocycles. The summed E-state index contributed by atoms with van der Waals surface area (Å²) in [6.45, 7) is 9.08. The van der Waals surface area contributed by atoms with Crippen LogP contribution in [0.15, 0.2) is 66.7 Å². The third-order valence-corrected chi connectivity index (χ3v) is 6.92. The lowest BCUT2D eigenvalue weighted by atomic mass is 10.0. The lowest BCUT2D eigenvalue weighted by Gasteiger charge is -2.26. The number of carbonyl (C=O) groups is 1. The van der Waals surface area contributed by atoms with E-state index in [-0.39, 0.29) is 6.03 Å².